The first kappa shape index (κ1) is 17.8. The van der Waals surface area contributed by atoms with E-state index in [0.29, 0.717) is 23.5 Å². The maximum absolute atomic E-state index is 12.5. The van der Waals surface area contributed by atoms with E-state index in [1.165, 1.54) is 6.26 Å². The fourth-order valence-electron chi connectivity index (χ4n) is 2.53. The highest BCUT2D eigenvalue weighted by Gasteiger charge is 2.20. The van der Waals surface area contributed by atoms with Crippen LogP contribution in [0, 0.1) is 0 Å². The summed E-state index contributed by atoms with van der Waals surface area (Å²) >= 11 is 0. The Morgan fingerprint density at radius 3 is 2.73 bits per heavy atom. The normalized spacial score (nSPS) is 10.8. The molecule has 0 atom stereocenters. The summed E-state index contributed by atoms with van der Waals surface area (Å²) in [4.78, 5) is 24.4. The summed E-state index contributed by atoms with van der Waals surface area (Å²) in [7, 11) is 0. The summed E-state index contributed by atoms with van der Waals surface area (Å²) in [6.45, 7) is 2.77. The molecule has 3 rings (SSSR count). The summed E-state index contributed by atoms with van der Waals surface area (Å²) in [6.07, 6.45) is 1.53. The molecule has 0 saturated carbocycles. The van der Waals surface area contributed by atoms with Crippen LogP contribution >= 0.6 is 0 Å². The molecular formula is C19H20N2O5. The van der Waals surface area contributed by atoms with Crippen molar-refractivity contribution >= 4 is 22.8 Å². The van der Waals surface area contributed by atoms with Gasteiger partial charge in [0.05, 0.1) is 26.0 Å². The number of para-hydroxylation sites is 1. The number of nitrogens with one attached hydrogen (secondary N) is 2. The number of ether oxygens (including phenoxy) is 1. The van der Waals surface area contributed by atoms with E-state index in [4.69, 9.17) is 13.6 Å². The van der Waals surface area contributed by atoms with Gasteiger partial charge in [0, 0.05) is 17.6 Å². The first-order valence-corrected chi connectivity index (χ1v) is 8.34. The maximum Gasteiger partial charge on any atom is 0.287 e. The fourth-order valence-corrected chi connectivity index (χ4v) is 2.53. The van der Waals surface area contributed by atoms with Crippen molar-refractivity contribution in [1.82, 2.24) is 10.6 Å². The number of benzene rings is 1. The minimum Gasteiger partial charge on any atom is -0.467 e. The van der Waals surface area contributed by atoms with Gasteiger partial charge in [-0.25, -0.2) is 0 Å². The molecule has 2 aromatic heterocycles. The van der Waals surface area contributed by atoms with Crippen molar-refractivity contribution in [3.05, 3.63) is 59.7 Å². The Kier molecular flexibility index (Phi) is 5.70. The van der Waals surface area contributed by atoms with E-state index in [0.717, 1.165) is 5.39 Å². The van der Waals surface area contributed by atoms with Gasteiger partial charge >= 0.3 is 0 Å². The van der Waals surface area contributed by atoms with Crippen molar-refractivity contribution in [2.45, 2.75) is 20.1 Å². The van der Waals surface area contributed by atoms with E-state index in [9.17, 15) is 9.59 Å². The van der Waals surface area contributed by atoms with Crippen LogP contribution in [0.1, 0.15) is 28.8 Å². The van der Waals surface area contributed by atoms with Gasteiger partial charge in [-0.15, -0.1) is 0 Å². The summed E-state index contributed by atoms with van der Waals surface area (Å²) in [5.41, 5.74) is 1.28. The Balaban J connectivity index is 1.64. The minimum absolute atomic E-state index is 0.162. The van der Waals surface area contributed by atoms with Crippen LogP contribution < -0.4 is 10.6 Å². The van der Waals surface area contributed by atoms with Crippen LogP contribution in [0.5, 0.6) is 0 Å². The Morgan fingerprint density at radius 1 is 1.12 bits per heavy atom. The summed E-state index contributed by atoms with van der Waals surface area (Å²) < 4.78 is 16.3. The lowest BCUT2D eigenvalue weighted by molar-refractivity contribution is -0.120. The number of carbonyl (C=O) groups is 2. The van der Waals surface area contributed by atoms with Crippen LogP contribution in [0.4, 0.5) is 0 Å². The number of rotatable bonds is 8. The van der Waals surface area contributed by atoms with E-state index >= 15 is 0 Å². The minimum atomic E-state index is -0.455. The number of amides is 2. The van der Waals surface area contributed by atoms with Gasteiger partial charge in [0.15, 0.2) is 5.76 Å². The standard InChI is InChI=1S/C19H20N2O5/c1-2-24-12-15-14-7-3-4-8-16(14)26-18(15)19(23)21-11-17(22)20-10-13-6-5-9-25-13/h3-9H,2,10-12H2,1H3,(H,20,22)(H,21,23). The molecule has 26 heavy (non-hydrogen) atoms. The van der Waals surface area contributed by atoms with E-state index < -0.39 is 5.91 Å². The molecule has 0 aliphatic rings. The zero-order chi connectivity index (χ0) is 18.4. The molecule has 0 radical (unpaired) electrons. The van der Waals surface area contributed by atoms with E-state index in [-0.39, 0.29) is 31.4 Å². The van der Waals surface area contributed by atoms with Crippen molar-refractivity contribution in [2.24, 2.45) is 0 Å². The second-order valence-corrected chi connectivity index (χ2v) is 5.58. The van der Waals surface area contributed by atoms with Crippen molar-refractivity contribution in [3.8, 4) is 0 Å². The highest BCUT2D eigenvalue weighted by Crippen LogP contribution is 2.26. The monoisotopic (exact) mass is 356 g/mol. The zero-order valence-corrected chi connectivity index (χ0v) is 14.4. The van der Waals surface area contributed by atoms with Crippen LogP contribution in [0.3, 0.4) is 0 Å². The average molecular weight is 356 g/mol. The second-order valence-electron chi connectivity index (χ2n) is 5.58. The third-order valence-electron chi connectivity index (χ3n) is 3.80. The molecule has 0 unspecified atom stereocenters. The number of fused-ring (bicyclic) bond motifs is 1. The van der Waals surface area contributed by atoms with Gasteiger partial charge < -0.3 is 24.2 Å². The third kappa shape index (κ3) is 4.12. The lowest BCUT2D eigenvalue weighted by Gasteiger charge is -2.06. The van der Waals surface area contributed by atoms with E-state index in [2.05, 4.69) is 10.6 Å². The first-order valence-electron chi connectivity index (χ1n) is 8.34. The van der Waals surface area contributed by atoms with Crippen LogP contribution in [0.15, 0.2) is 51.5 Å². The molecule has 0 aliphatic carbocycles. The van der Waals surface area contributed by atoms with Crippen molar-refractivity contribution in [2.75, 3.05) is 13.2 Å². The molecule has 0 fully saturated rings. The first-order chi connectivity index (χ1) is 12.7. The van der Waals surface area contributed by atoms with Crippen LogP contribution in [-0.2, 0) is 22.7 Å². The molecule has 0 saturated heterocycles. The SMILES string of the molecule is CCOCc1c(C(=O)NCC(=O)NCc2ccco2)oc2ccccc12. The Morgan fingerprint density at radius 2 is 1.96 bits per heavy atom. The van der Waals surface area contributed by atoms with Gasteiger partial charge in [0.25, 0.3) is 5.91 Å². The Bertz CT molecular complexity index is 883. The molecule has 7 heteroatoms. The van der Waals surface area contributed by atoms with Crippen LogP contribution in [0.25, 0.3) is 11.0 Å². The van der Waals surface area contributed by atoms with Crippen molar-refractivity contribution < 1.29 is 23.2 Å². The maximum atomic E-state index is 12.5. The van der Waals surface area contributed by atoms with E-state index in [1.54, 1.807) is 18.2 Å². The van der Waals surface area contributed by atoms with Gasteiger partial charge in [-0.05, 0) is 25.1 Å². The molecule has 2 N–H and O–H groups in total. The lowest BCUT2D eigenvalue weighted by Crippen LogP contribution is -2.36. The number of furan rings is 2. The topological polar surface area (TPSA) is 93.7 Å². The third-order valence-corrected chi connectivity index (χ3v) is 3.80. The molecule has 7 nitrogen and oxygen atoms in total. The van der Waals surface area contributed by atoms with Crippen LogP contribution in [-0.4, -0.2) is 25.0 Å². The second kappa shape index (κ2) is 8.35. The molecule has 2 amide bonds. The molecular weight excluding hydrogens is 336 g/mol. The Labute approximate surface area is 150 Å². The quantitative estimate of drug-likeness (QED) is 0.647. The largest absolute Gasteiger partial charge is 0.467 e. The molecule has 1 aromatic carbocycles. The summed E-state index contributed by atoms with van der Waals surface area (Å²) in [6, 6.07) is 10.9. The van der Waals surface area contributed by atoms with Crippen LogP contribution in [0.2, 0.25) is 0 Å². The summed E-state index contributed by atoms with van der Waals surface area (Å²) in [5, 5.41) is 6.07. The number of hydrogen-bond acceptors (Lipinski definition) is 5. The van der Waals surface area contributed by atoms with Gasteiger partial charge in [-0.3, -0.25) is 9.59 Å². The lowest BCUT2D eigenvalue weighted by atomic mass is 10.1. The molecule has 0 bridgehead atoms. The molecule has 3 aromatic rings. The van der Waals surface area contributed by atoms with Crippen molar-refractivity contribution in [1.29, 1.82) is 0 Å². The Hall–Kier alpha value is -3.06. The van der Waals surface area contributed by atoms with Gasteiger partial charge in [0.2, 0.25) is 5.91 Å². The van der Waals surface area contributed by atoms with Gasteiger partial charge in [-0.2, -0.15) is 0 Å². The van der Waals surface area contributed by atoms with Gasteiger partial charge in [-0.1, -0.05) is 18.2 Å². The predicted molar refractivity (Wildman–Crippen MR) is 94.4 cm³/mol. The highest BCUT2D eigenvalue weighted by atomic mass is 16.5. The average Bonchev–Trinajstić information content (AvgIpc) is 3.30. The molecule has 2 heterocycles. The summed E-state index contributed by atoms with van der Waals surface area (Å²) in [5.74, 6) is 0.0284. The van der Waals surface area contributed by atoms with E-state index in [1.807, 2.05) is 25.1 Å². The number of hydrogen-bond donors (Lipinski definition) is 2. The van der Waals surface area contributed by atoms with Crippen molar-refractivity contribution in [3.63, 3.8) is 0 Å². The molecule has 136 valence electrons. The smallest absolute Gasteiger partial charge is 0.287 e. The molecule has 0 aliphatic heterocycles. The fraction of sp³-hybridized carbons (Fsp3) is 0.263. The zero-order valence-electron chi connectivity index (χ0n) is 14.4. The van der Waals surface area contributed by atoms with Gasteiger partial charge in [0.1, 0.15) is 11.3 Å². The molecule has 0 spiro atoms. The highest BCUT2D eigenvalue weighted by molar-refractivity contribution is 6.00. The number of carbonyl (C=O) groups excluding carboxylic acids is 2. The predicted octanol–water partition coefficient (Wildman–Crippen LogP) is 2.61.